The van der Waals surface area contributed by atoms with Crippen LogP contribution in [0.15, 0.2) is 42.7 Å². The molecule has 2 rings (SSSR count). The summed E-state index contributed by atoms with van der Waals surface area (Å²) < 4.78 is 0. The standard InChI is InChI=1S/C16H17Cl2N3O/c1-21(10-7-12-5-8-19-9-6-12)15(22)11-20-14-4-2-3-13(17)16(14)18/h2-6,8-9,20H,7,10-11H2,1H3. The monoisotopic (exact) mass is 337 g/mol. The number of nitrogens with zero attached hydrogens (tertiary/aromatic N) is 2. The van der Waals surface area contributed by atoms with Crippen LogP contribution in [0.2, 0.25) is 10.0 Å². The first-order valence-corrected chi connectivity index (χ1v) is 7.64. The summed E-state index contributed by atoms with van der Waals surface area (Å²) in [7, 11) is 1.78. The molecule has 0 aliphatic carbocycles. The van der Waals surface area contributed by atoms with Crippen molar-refractivity contribution >= 4 is 34.8 Å². The Balaban J connectivity index is 1.82. The molecule has 0 radical (unpaired) electrons. The fourth-order valence-corrected chi connectivity index (χ4v) is 2.28. The van der Waals surface area contributed by atoms with Gasteiger partial charge in [-0.2, -0.15) is 0 Å². The first kappa shape index (κ1) is 16.6. The number of hydrogen-bond acceptors (Lipinski definition) is 3. The topological polar surface area (TPSA) is 45.2 Å². The second kappa shape index (κ2) is 8.01. The number of hydrogen-bond donors (Lipinski definition) is 1. The number of carbonyl (C=O) groups is 1. The number of likely N-dealkylation sites (N-methyl/N-ethyl adjacent to an activating group) is 1. The third kappa shape index (κ3) is 4.61. The Morgan fingerprint density at radius 3 is 2.68 bits per heavy atom. The molecule has 0 atom stereocenters. The van der Waals surface area contributed by atoms with Crippen LogP contribution in [-0.4, -0.2) is 35.9 Å². The highest BCUT2D eigenvalue weighted by atomic mass is 35.5. The summed E-state index contributed by atoms with van der Waals surface area (Å²) in [5.74, 6) is -0.00917. The van der Waals surface area contributed by atoms with Crippen LogP contribution >= 0.6 is 23.2 Å². The smallest absolute Gasteiger partial charge is 0.241 e. The Morgan fingerprint density at radius 2 is 1.95 bits per heavy atom. The van der Waals surface area contributed by atoms with Crippen molar-refractivity contribution in [3.05, 3.63) is 58.3 Å². The van der Waals surface area contributed by atoms with Crippen molar-refractivity contribution in [2.45, 2.75) is 6.42 Å². The maximum Gasteiger partial charge on any atom is 0.241 e. The second-order valence-electron chi connectivity index (χ2n) is 4.88. The van der Waals surface area contributed by atoms with Gasteiger partial charge in [0.15, 0.2) is 0 Å². The molecule has 1 amide bonds. The van der Waals surface area contributed by atoms with Crippen molar-refractivity contribution in [1.82, 2.24) is 9.88 Å². The summed E-state index contributed by atoms with van der Waals surface area (Å²) in [6, 6.07) is 9.18. The molecule has 0 spiro atoms. The number of rotatable bonds is 6. The van der Waals surface area contributed by atoms with Gasteiger partial charge in [-0.25, -0.2) is 0 Å². The Bertz CT molecular complexity index is 635. The number of nitrogens with one attached hydrogen (secondary N) is 1. The zero-order valence-electron chi connectivity index (χ0n) is 12.2. The third-order valence-corrected chi connectivity index (χ3v) is 4.11. The number of pyridine rings is 1. The minimum Gasteiger partial charge on any atom is -0.375 e. The molecule has 1 aromatic heterocycles. The van der Waals surface area contributed by atoms with E-state index in [0.29, 0.717) is 22.3 Å². The van der Waals surface area contributed by atoms with Gasteiger partial charge in [0.2, 0.25) is 5.91 Å². The molecular weight excluding hydrogens is 321 g/mol. The van der Waals surface area contributed by atoms with Gasteiger partial charge in [0, 0.05) is 26.0 Å². The molecule has 22 heavy (non-hydrogen) atoms. The maximum absolute atomic E-state index is 12.1. The molecule has 0 aliphatic heterocycles. The van der Waals surface area contributed by atoms with E-state index in [1.165, 1.54) is 0 Å². The zero-order valence-corrected chi connectivity index (χ0v) is 13.7. The zero-order chi connectivity index (χ0) is 15.9. The predicted molar refractivity (Wildman–Crippen MR) is 90.5 cm³/mol. The van der Waals surface area contributed by atoms with E-state index < -0.39 is 0 Å². The first-order chi connectivity index (χ1) is 10.6. The lowest BCUT2D eigenvalue weighted by atomic mass is 10.2. The SMILES string of the molecule is CN(CCc1ccncc1)C(=O)CNc1cccc(Cl)c1Cl. The molecule has 0 fully saturated rings. The number of carbonyl (C=O) groups excluding carboxylic acids is 1. The van der Waals surface area contributed by atoms with E-state index in [0.717, 1.165) is 12.0 Å². The lowest BCUT2D eigenvalue weighted by Gasteiger charge is -2.18. The Hall–Kier alpha value is -1.78. The van der Waals surface area contributed by atoms with Crippen LogP contribution < -0.4 is 5.32 Å². The molecular formula is C16H17Cl2N3O. The lowest BCUT2D eigenvalue weighted by molar-refractivity contribution is -0.127. The summed E-state index contributed by atoms with van der Waals surface area (Å²) in [6.07, 6.45) is 4.29. The highest BCUT2D eigenvalue weighted by Crippen LogP contribution is 2.29. The van der Waals surface area contributed by atoms with Crippen LogP contribution in [0, 0.1) is 0 Å². The van der Waals surface area contributed by atoms with Crippen LogP contribution in [0.4, 0.5) is 5.69 Å². The van der Waals surface area contributed by atoms with Crippen LogP contribution in [0.1, 0.15) is 5.56 Å². The second-order valence-corrected chi connectivity index (χ2v) is 5.66. The fraction of sp³-hybridized carbons (Fsp3) is 0.250. The van der Waals surface area contributed by atoms with E-state index in [1.807, 2.05) is 12.1 Å². The van der Waals surface area contributed by atoms with Gasteiger partial charge in [-0.05, 0) is 36.2 Å². The van der Waals surface area contributed by atoms with Gasteiger partial charge in [0.1, 0.15) is 0 Å². The number of benzene rings is 1. The predicted octanol–water partition coefficient (Wildman–Crippen LogP) is 3.50. The number of amides is 1. The molecule has 6 heteroatoms. The van der Waals surface area contributed by atoms with Gasteiger partial charge >= 0.3 is 0 Å². The summed E-state index contributed by atoms with van der Waals surface area (Å²) in [6.45, 7) is 0.820. The average Bonchev–Trinajstić information content (AvgIpc) is 2.54. The number of aromatic nitrogens is 1. The van der Waals surface area contributed by atoms with Crippen molar-refractivity contribution < 1.29 is 4.79 Å². The fourth-order valence-electron chi connectivity index (χ4n) is 1.92. The molecule has 0 unspecified atom stereocenters. The molecule has 1 N–H and O–H groups in total. The van der Waals surface area contributed by atoms with Crippen LogP contribution in [0.5, 0.6) is 0 Å². The highest BCUT2D eigenvalue weighted by molar-refractivity contribution is 6.43. The molecule has 0 saturated heterocycles. The van der Waals surface area contributed by atoms with Gasteiger partial charge in [0.05, 0.1) is 22.3 Å². The largest absolute Gasteiger partial charge is 0.375 e. The van der Waals surface area contributed by atoms with Gasteiger partial charge in [-0.15, -0.1) is 0 Å². The first-order valence-electron chi connectivity index (χ1n) is 6.88. The molecule has 0 saturated carbocycles. The summed E-state index contributed by atoms with van der Waals surface area (Å²) in [5.41, 5.74) is 1.81. The van der Waals surface area contributed by atoms with Gasteiger partial charge in [-0.3, -0.25) is 9.78 Å². The van der Waals surface area contributed by atoms with Crippen LogP contribution in [0.25, 0.3) is 0 Å². The van der Waals surface area contributed by atoms with Crippen LogP contribution in [-0.2, 0) is 11.2 Å². The Labute approximate surface area is 140 Å². The van der Waals surface area contributed by atoms with Crippen molar-refractivity contribution in [3.63, 3.8) is 0 Å². The highest BCUT2D eigenvalue weighted by Gasteiger charge is 2.10. The van der Waals surface area contributed by atoms with E-state index in [4.69, 9.17) is 23.2 Å². The van der Waals surface area contributed by atoms with Crippen molar-refractivity contribution in [1.29, 1.82) is 0 Å². The number of anilines is 1. The summed E-state index contributed by atoms with van der Waals surface area (Å²) >= 11 is 12.0. The van der Waals surface area contributed by atoms with Crippen LogP contribution in [0.3, 0.4) is 0 Å². The molecule has 1 heterocycles. The molecule has 4 nitrogen and oxygen atoms in total. The maximum atomic E-state index is 12.1. The van der Waals surface area contributed by atoms with Crippen molar-refractivity contribution in [2.75, 3.05) is 25.5 Å². The van der Waals surface area contributed by atoms with E-state index in [2.05, 4.69) is 10.3 Å². The van der Waals surface area contributed by atoms with E-state index >= 15 is 0 Å². The summed E-state index contributed by atoms with van der Waals surface area (Å²) in [4.78, 5) is 17.8. The van der Waals surface area contributed by atoms with Gasteiger partial charge in [-0.1, -0.05) is 29.3 Å². The Morgan fingerprint density at radius 1 is 1.23 bits per heavy atom. The molecule has 2 aromatic rings. The van der Waals surface area contributed by atoms with Crippen molar-refractivity contribution in [3.8, 4) is 0 Å². The minimum atomic E-state index is -0.00917. The quantitative estimate of drug-likeness (QED) is 0.877. The molecule has 1 aromatic carbocycles. The normalized spacial score (nSPS) is 10.3. The number of halogens is 2. The van der Waals surface area contributed by atoms with Gasteiger partial charge < -0.3 is 10.2 Å². The summed E-state index contributed by atoms with van der Waals surface area (Å²) in [5, 5.41) is 3.91. The average molecular weight is 338 g/mol. The molecule has 116 valence electrons. The van der Waals surface area contributed by atoms with E-state index in [1.54, 1.807) is 42.5 Å². The van der Waals surface area contributed by atoms with E-state index in [-0.39, 0.29) is 12.5 Å². The van der Waals surface area contributed by atoms with Crippen molar-refractivity contribution in [2.24, 2.45) is 0 Å². The third-order valence-electron chi connectivity index (χ3n) is 3.29. The van der Waals surface area contributed by atoms with Gasteiger partial charge in [0.25, 0.3) is 0 Å². The minimum absolute atomic E-state index is 0.00917. The lowest BCUT2D eigenvalue weighted by Crippen LogP contribution is -2.33. The Kier molecular flexibility index (Phi) is 6.04. The molecule has 0 bridgehead atoms. The van der Waals surface area contributed by atoms with E-state index in [9.17, 15) is 4.79 Å². The molecule has 0 aliphatic rings.